The predicted molar refractivity (Wildman–Crippen MR) is 146 cm³/mol. The quantitative estimate of drug-likeness (QED) is 0.307. The second kappa shape index (κ2) is 15.1. The van der Waals surface area contributed by atoms with E-state index in [0.29, 0.717) is 46.2 Å². The first-order valence-electron chi connectivity index (χ1n) is 15.0. The molecule has 8 heterocycles. The van der Waals surface area contributed by atoms with Crippen LogP contribution in [0.1, 0.15) is 39.5 Å². The summed E-state index contributed by atoms with van der Waals surface area (Å²) in [5.41, 5.74) is 0. The van der Waals surface area contributed by atoms with Crippen LogP contribution >= 0.6 is 15.9 Å². The van der Waals surface area contributed by atoms with Gasteiger partial charge in [0.25, 0.3) is 0 Å². The van der Waals surface area contributed by atoms with Crippen LogP contribution < -0.4 is 0 Å². The summed E-state index contributed by atoms with van der Waals surface area (Å²) < 4.78 is 51.7. The standard InChI is InChI=1S/2C8H12O4.C6H9BrO3.C6H10O3/c2*1-5(9)12-7-4-11-8-6(7)2-3-10-8;7-6-1-2-9-5(6)10-3-4(6)8;7-5-3-9-6-4(5)1-2-8-6/h2*6-8H,2-4H2,1H3;4-5,8H,1-3H2;4-7H,1-3H2/t;;;4-,5-,6+/m...0/s1. The monoisotopic (exact) mass is 682 g/mol. The minimum Gasteiger partial charge on any atom is -0.460 e. The van der Waals surface area contributed by atoms with Gasteiger partial charge in [0.15, 0.2) is 25.2 Å². The van der Waals surface area contributed by atoms with Gasteiger partial charge in [-0.1, -0.05) is 15.9 Å². The summed E-state index contributed by atoms with van der Waals surface area (Å²) in [6.45, 7) is 7.49. The molecule has 0 saturated carbocycles. The van der Waals surface area contributed by atoms with Crippen LogP contribution in [0.4, 0.5) is 0 Å². The lowest BCUT2D eigenvalue weighted by atomic mass is 10.0. The first kappa shape index (κ1) is 33.4. The Balaban J connectivity index is 0.000000115. The minimum atomic E-state index is -0.417. The Labute approximate surface area is 258 Å². The molecule has 0 aromatic carbocycles. The van der Waals surface area contributed by atoms with E-state index in [0.717, 1.165) is 32.3 Å². The van der Waals surface area contributed by atoms with Gasteiger partial charge in [-0.25, -0.2) is 0 Å². The van der Waals surface area contributed by atoms with Crippen LogP contribution in [0.5, 0.6) is 0 Å². The van der Waals surface area contributed by atoms with Crippen molar-refractivity contribution < 1.29 is 67.2 Å². The van der Waals surface area contributed by atoms with E-state index >= 15 is 0 Å². The molecule has 8 rings (SSSR count). The fourth-order valence-corrected chi connectivity index (χ4v) is 6.93. The number of hydrogen-bond acceptors (Lipinski definition) is 14. The third-order valence-corrected chi connectivity index (χ3v) is 10.0. The van der Waals surface area contributed by atoms with Gasteiger partial charge < -0.3 is 57.6 Å². The van der Waals surface area contributed by atoms with Gasteiger partial charge in [0.2, 0.25) is 0 Å². The van der Waals surface area contributed by atoms with Crippen LogP contribution in [0.3, 0.4) is 0 Å². The minimum absolute atomic E-state index is 0.0880. The Hall–Kier alpha value is -0.980. The number of rotatable bonds is 2. The molecule has 8 aliphatic heterocycles. The van der Waals surface area contributed by atoms with E-state index in [1.807, 2.05) is 0 Å². The van der Waals surface area contributed by atoms with Crippen molar-refractivity contribution in [1.82, 2.24) is 0 Å². The molecule has 0 bridgehead atoms. The van der Waals surface area contributed by atoms with Crippen LogP contribution in [0.25, 0.3) is 0 Å². The van der Waals surface area contributed by atoms with Crippen LogP contribution in [-0.2, 0) is 57.0 Å². The summed E-state index contributed by atoms with van der Waals surface area (Å²) in [6.07, 6.45) is 2.18. The second-order valence-corrected chi connectivity index (χ2v) is 13.1. The maximum atomic E-state index is 10.7. The Morgan fingerprint density at radius 3 is 1.63 bits per heavy atom. The Morgan fingerprint density at radius 2 is 1.14 bits per heavy atom. The molecule has 246 valence electrons. The van der Waals surface area contributed by atoms with Crippen molar-refractivity contribution in [3.8, 4) is 0 Å². The zero-order valence-electron chi connectivity index (χ0n) is 24.5. The van der Waals surface area contributed by atoms with Crippen LogP contribution in [0, 0.1) is 17.8 Å². The molecule has 8 saturated heterocycles. The highest BCUT2D eigenvalue weighted by molar-refractivity contribution is 9.10. The SMILES string of the molecule is CC(=O)OC1COC2OCCC12.CC(=O)OC1COC2OCCC12.OC1COC2OCCC12Br.O[C@H]1CO[C@H]2OCC[C@H]21. The topological polar surface area (TPSA) is 167 Å². The summed E-state index contributed by atoms with van der Waals surface area (Å²) in [6, 6.07) is 0. The molecule has 8 aliphatic rings. The Bertz CT molecular complexity index is 899. The molecule has 14 nitrogen and oxygen atoms in total. The third-order valence-electron chi connectivity index (χ3n) is 8.72. The lowest BCUT2D eigenvalue weighted by Crippen LogP contribution is -2.36. The molecule has 0 aromatic rings. The van der Waals surface area contributed by atoms with E-state index in [2.05, 4.69) is 15.9 Å². The molecule has 9 unspecified atom stereocenters. The molecule has 12 atom stereocenters. The molecule has 15 heteroatoms. The van der Waals surface area contributed by atoms with E-state index in [9.17, 15) is 19.8 Å². The average Bonchev–Trinajstić information content (AvgIpc) is 3.79. The van der Waals surface area contributed by atoms with E-state index in [4.69, 9.17) is 47.4 Å². The highest BCUT2D eigenvalue weighted by Crippen LogP contribution is 2.42. The first-order chi connectivity index (χ1) is 20.7. The maximum absolute atomic E-state index is 10.7. The van der Waals surface area contributed by atoms with Crippen LogP contribution in [0.2, 0.25) is 0 Å². The number of aliphatic hydroxyl groups is 2. The number of halogens is 1. The molecule has 2 N–H and O–H groups in total. The molecule has 0 radical (unpaired) electrons. The number of alkyl halides is 1. The molecule has 0 aliphatic carbocycles. The van der Waals surface area contributed by atoms with E-state index in [1.165, 1.54) is 13.8 Å². The van der Waals surface area contributed by atoms with Crippen LogP contribution in [-0.4, -0.2) is 129 Å². The zero-order valence-corrected chi connectivity index (χ0v) is 26.1. The van der Waals surface area contributed by atoms with Gasteiger partial charge in [-0.3, -0.25) is 9.59 Å². The van der Waals surface area contributed by atoms with Gasteiger partial charge in [0, 0.05) is 19.8 Å². The van der Waals surface area contributed by atoms with Crippen molar-refractivity contribution >= 4 is 27.9 Å². The van der Waals surface area contributed by atoms with Gasteiger partial charge in [0.1, 0.15) is 16.5 Å². The van der Waals surface area contributed by atoms with Crippen molar-refractivity contribution in [2.24, 2.45) is 17.8 Å². The van der Waals surface area contributed by atoms with Gasteiger partial charge in [-0.2, -0.15) is 0 Å². The molecule has 8 fully saturated rings. The van der Waals surface area contributed by atoms with Crippen LogP contribution in [0.15, 0.2) is 0 Å². The number of ether oxygens (including phenoxy) is 10. The highest BCUT2D eigenvalue weighted by Gasteiger charge is 2.53. The average molecular weight is 684 g/mol. The van der Waals surface area contributed by atoms with Crippen molar-refractivity contribution in [3.63, 3.8) is 0 Å². The highest BCUT2D eigenvalue weighted by atomic mass is 79.9. The first-order valence-corrected chi connectivity index (χ1v) is 15.8. The summed E-state index contributed by atoms with van der Waals surface area (Å²) in [4.78, 5) is 21.3. The summed E-state index contributed by atoms with van der Waals surface area (Å²) in [5.74, 6) is 0.292. The lowest BCUT2D eigenvalue weighted by Gasteiger charge is -2.20. The normalized spacial score (nSPS) is 44.9. The zero-order chi connectivity index (χ0) is 30.6. The van der Waals surface area contributed by atoms with Gasteiger partial charge in [0.05, 0.1) is 76.9 Å². The van der Waals surface area contributed by atoms with Gasteiger partial charge in [-0.05, 0) is 25.7 Å². The molecule has 43 heavy (non-hydrogen) atoms. The largest absolute Gasteiger partial charge is 0.460 e. The number of esters is 2. The molecule has 0 amide bonds. The Morgan fingerprint density at radius 1 is 0.651 bits per heavy atom. The number of carbonyl (C=O) groups is 2. The van der Waals surface area contributed by atoms with Crippen molar-refractivity contribution in [3.05, 3.63) is 0 Å². The van der Waals surface area contributed by atoms with Crippen molar-refractivity contribution in [2.45, 2.75) is 93.4 Å². The fourth-order valence-electron chi connectivity index (χ4n) is 6.37. The van der Waals surface area contributed by atoms with Gasteiger partial charge >= 0.3 is 11.9 Å². The number of fused-ring (bicyclic) bond motifs is 4. The number of hydrogen-bond donors (Lipinski definition) is 2. The molecular formula is C28H43BrO14. The number of aliphatic hydroxyl groups excluding tert-OH is 2. The van der Waals surface area contributed by atoms with Crippen molar-refractivity contribution in [1.29, 1.82) is 0 Å². The van der Waals surface area contributed by atoms with E-state index < -0.39 is 6.10 Å². The third kappa shape index (κ3) is 8.06. The maximum Gasteiger partial charge on any atom is 0.302 e. The Kier molecular flexibility index (Phi) is 11.7. The summed E-state index contributed by atoms with van der Waals surface area (Å²) in [5, 5.41) is 18.6. The molecule has 0 spiro atoms. The fraction of sp³-hybridized carbons (Fsp3) is 0.929. The summed E-state index contributed by atoms with van der Waals surface area (Å²) >= 11 is 3.44. The van der Waals surface area contributed by atoms with E-state index in [-0.39, 0.29) is 77.5 Å². The summed E-state index contributed by atoms with van der Waals surface area (Å²) in [7, 11) is 0. The number of carbonyl (C=O) groups excluding carboxylic acids is 2. The second-order valence-electron chi connectivity index (χ2n) is 11.7. The predicted octanol–water partition coefficient (Wildman–Crippen LogP) is 0.620. The van der Waals surface area contributed by atoms with Gasteiger partial charge in [-0.15, -0.1) is 0 Å². The molecule has 0 aromatic heterocycles. The van der Waals surface area contributed by atoms with E-state index in [1.54, 1.807) is 0 Å². The molecular weight excluding hydrogens is 640 g/mol. The smallest absolute Gasteiger partial charge is 0.302 e. The lowest BCUT2D eigenvalue weighted by molar-refractivity contribution is -0.148. The van der Waals surface area contributed by atoms with Crippen molar-refractivity contribution in [2.75, 3.05) is 52.9 Å².